The molecule has 1 aromatic carbocycles. The highest BCUT2D eigenvalue weighted by molar-refractivity contribution is 7.13. The molecule has 8 heteroatoms. The van der Waals surface area contributed by atoms with Crippen LogP contribution in [0.5, 0.6) is 5.75 Å². The lowest BCUT2D eigenvalue weighted by Gasteiger charge is -2.11. The Balaban J connectivity index is 1.93. The number of nitrogens with zero attached hydrogens (tertiary/aromatic N) is 1. The number of hydrogen-bond acceptors (Lipinski definition) is 5. The Morgan fingerprint density at radius 3 is 2.68 bits per heavy atom. The minimum Gasteiger partial charge on any atom is -0.486 e. The van der Waals surface area contributed by atoms with Gasteiger partial charge in [0.2, 0.25) is 0 Å². The van der Waals surface area contributed by atoms with Crippen molar-refractivity contribution in [2.45, 2.75) is 39.3 Å². The third kappa shape index (κ3) is 5.82. The summed E-state index contributed by atoms with van der Waals surface area (Å²) >= 11 is 1.22. The van der Waals surface area contributed by atoms with Crippen LogP contribution >= 0.6 is 11.3 Å². The molecule has 0 radical (unpaired) electrons. The lowest BCUT2D eigenvalue weighted by molar-refractivity contribution is -0.137. The number of carbonyl (C=O) groups excluding carboxylic acids is 1. The van der Waals surface area contributed by atoms with E-state index in [1.165, 1.54) is 35.6 Å². The van der Waals surface area contributed by atoms with Crippen LogP contribution in [0, 0.1) is 12.7 Å². The number of aliphatic carboxylic acids is 1. The Labute approximate surface area is 148 Å². The van der Waals surface area contributed by atoms with Crippen molar-refractivity contribution in [3.05, 3.63) is 45.7 Å². The second kappa shape index (κ2) is 8.57. The number of carboxylic acid groups (broad SMARTS) is 1. The lowest BCUT2D eigenvalue weighted by Crippen LogP contribution is -2.32. The van der Waals surface area contributed by atoms with Gasteiger partial charge in [0.15, 0.2) is 0 Å². The molecule has 0 spiro atoms. The van der Waals surface area contributed by atoms with Gasteiger partial charge in [0.25, 0.3) is 5.91 Å². The van der Waals surface area contributed by atoms with Crippen LogP contribution in [-0.2, 0) is 11.4 Å². The minimum absolute atomic E-state index is 0.000120. The van der Waals surface area contributed by atoms with Crippen LogP contribution in [-0.4, -0.2) is 28.0 Å². The average Bonchev–Trinajstić information content (AvgIpc) is 2.93. The van der Waals surface area contributed by atoms with Crippen molar-refractivity contribution in [1.29, 1.82) is 0 Å². The van der Waals surface area contributed by atoms with Gasteiger partial charge in [-0.05, 0) is 44.5 Å². The Morgan fingerprint density at radius 1 is 1.36 bits per heavy atom. The fourth-order valence-electron chi connectivity index (χ4n) is 2.10. The standard InChI is InChI=1S/C17H19FN2O4S/c1-10(3-8-15(21)22)19-17(23)16-11(2)20-14(25-16)9-24-13-6-4-12(18)5-7-13/h4-7,10H,3,8-9H2,1-2H3,(H,19,23)(H,21,22). The van der Waals surface area contributed by atoms with Crippen molar-refractivity contribution in [1.82, 2.24) is 10.3 Å². The van der Waals surface area contributed by atoms with E-state index in [4.69, 9.17) is 9.84 Å². The molecular formula is C17H19FN2O4S. The van der Waals surface area contributed by atoms with E-state index in [-0.39, 0.29) is 30.8 Å². The molecule has 1 amide bonds. The van der Waals surface area contributed by atoms with E-state index in [9.17, 15) is 14.0 Å². The Bertz CT molecular complexity index is 746. The summed E-state index contributed by atoms with van der Waals surface area (Å²) in [6.07, 6.45) is 0.360. The number of aromatic nitrogens is 1. The van der Waals surface area contributed by atoms with Crippen molar-refractivity contribution in [3.63, 3.8) is 0 Å². The van der Waals surface area contributed by atoms with E-state index in [1.807, 2.05) is 0 Å². The maximum Gasteiger partial charge on any atom is 0.303 e. The molecular weight excluding hydrogens is 347 g/mol. The lowest BCUT2D eigenvalue weighted by atomic mass is 10.2. The summed E-state index contributed by atoms with van der Waals surface area (Å²) in [7, 11) is 0. The molecule has 2 N–H and O–H groups in total. The largest absolute Gasteiger partial charge is 0.486 e. The zero-order valence-electron chi connectivity index (χ0n) is 13.9. The number of hydrogen-bond donors (Lipinski definition) is 2. The van der Waals surface area contributed by atoms with Gasteiger partial charge in [0, 0.05) is 12.5 Å². The molecule has 134 valence electrons. The molecule has 0 aliphatic carbocycles. The van der Waals surface area contributed by atoms with E-state index >= 15 is 0 Å². The summed E-state index contributed by atoms with van der Waals surface area (Å²) in [5.74, 6) is -0.993. The van der Waals surface area contributed by atoms with Crippen LogP contribution in [0.3, 0.4) is 0 Å². The number of ether oxygens (including phenoxy) is 1. The SMILES string of the molecule is Cc1nc(COc2ccc(F)cc2)sc1C(=O)NC(C)CCC(=O)O. The highest BCUT2D eigenvalue weighted by atomic mass is 32.1. The molecule has 25 heavy (non-hydrogen) atoms. The number of aryl methyl sites for hydroxylation is 1. The third-order valence-electron chi connectivity index (χ3n) is 3.39. The van der Waals surface area contributed by atoms with Gasteiger partial charge in [0.05, 0.1) is 5.69 Å². The number of amides is 1. The molecule has 0 bridgehead atoms. The predicted molar refractivity (Wildman–Crippen MR) is 91.4 cm³/mol. The highest BCUT2D eigenvalue weighted by Gasteiger charge is 2.17. The normalized spacial score (nSPS) is 11.8. The predicted octanol–water partition coefficient (Wildman–Crippen LogP) is 3.15. The van der Waals surface area contributed by atoms with Crippen molar-refractivity contribution >= 4 is 23.2 Å². The Kier molecular flexibility index (Phi) is 6.46. The van der Waals surface area contributed by atoms with Crippen LogP contribution in [0.4, 0.5) is 4.39 Å². The topological polar surface area (TPSA) is 88.5 Å². The average molecular weight is 366 g/mol. The van der Waals surface area contributed by atoms with Crippen LogP contribution < -0.4 is 10.1 Å². The van der Waals surface area contributed by atoms with Crippen molar-refractivity contribution < 1.29 is 23.8 Å². The smallest absolute Gasteiger partial charge is 0.303 e. The van der Waals surface area contributed by atoms with E-state index in [2.05, 4.69) is 10.3 Å². The monoisotopic (exact) mass is 366 g/mol. The van der Waals surface area contributed by atoms with Gasteiger partial charge in [-0.2, -0.15) is 0 Å². The minimum atomic E-state index is -0.893. The van der Waals surface area contributed by atoms with Crippen LogP contribution in [0.1, 0.15) is 40.1 Å². The quantitative estimate of drug-likeness (QED) is 0.749. The van der Waals surface area contributed by atoms with Gasteiger partial charge < -0.3 is 15.2 Å². The maximum absolute atomic E-state index is 12.9. The van der Waals surface area contributed by atoms with E-state index in [0.717, 1.165) is 0 Å². The van der Waals surface area contributed by atoms with Crippen LogP contribution in [0.15, 0.2) is 24.3 Å². The Morgan fingerprint density at radius 2 is 2.04 bits per heavy atom. The Hall–Kier alpha value is -2.48. The number of thiazole rings is 1. The molecule has 0 aliphatic heterocycles. The first kappa shape index (κ1) is 18.9. The summed E-state index contributed by atoms with van der Waals surface area (Å²) in [5.41, 5.74) is 0.589. The summed E-state index contributed by atoms with van der Waals surface area (Å²) in [4.78, 5) is 27.6. The molecule has 1 unspecified atom stereocenters. The zero-order chi connectivity index (χ0) is 18.4. The van der Waals surface area contributed by atoms with Gasteiger partial charge in [-0.3, -0.25) is 9.59 Å². The first-order valence-corrected chi connectivity index (χ1v) is 8.54. The highest BCUT2D eigenvalue weighted by Crippen LogP contribution is 2.21. The second-order valence-electron chi connectivity index (χ2n) is 5.57. The van der Waals surface area contributed by atoms with Crippen molar-refractivity contribution in [3.8, 4) is 5.75 Å². The van der Waals surface area contributed by atoms with Gasteiger partial charge >= 0.3 is 5.97 Å². The van der Waals surface area contributed by atoms with Gasteiger partial charge in [-0.25, -0.2) is 9.37 Å². The summed E-state index contributed by atoms with van der Waals surface area (Å²) in [6.45, 7) is 3.67. The fourth-order valence-corrected chi connectivity index (χ4v) is 2.98. The van der Waals surface area contributed by atoms with E-state index < -0.39 is 5.97 Å². The first-order chi connectivity index (χ1) is 11.8. The second-order valence-corrected chi connectivity index (χ2v) is 6.66. The van der Waals surface area contributed by atoms with E-state index in [0.29, 0.717) is 27.7 Å². The molecule has 1 aromatic heterocycles. The number of halogens is 1. The van der Waals surface area contributed by atoms with Crippen molar-refractivity contribution in [2.24, 2.45) is 0 Å². The fraction of sp³-hybridized carbons (Fsp3) is 0.353. The molecule has 0 fully saturated rings. The van der Waals surface area contributed by atoms with Gasteiger partial charge in [-0.15, -0.1) is 11.3 Å². The van der Waals surface area contributed by atoms with Crippen LogP contribution in [0.25, 0.3) is 0 Å². The summed E-state index contributed by atoms with van der Waals surface area (Å²) in [5, 5.41) is 12.1. The molecule has 0 aliphatic rings. The summed E-state index contributed by atoms with van der Waals surface area (Å²) in [6, 6.07) is 5.41. The van der Waals surface area contributed by atoms with E-state index in [1.54, 1.807) is 13.8 Å². The number of carboxylic acids is 1. The molecule has 1 heterocycles. The number of carbonyl (C=O) groups is 2. The number of benzene rings is 1. The molecule has 2 rings (SSSR count). The number of rotatable bonds is 8. The third-order valence-corrected chi connectivity index (χ3v) is 4.52. The molecule has 0 saturated carbocycles. The van der Waals surface area contributed by atoms with Crippen LogP contribution in [0.2, 0.25) is 0 Å². The molecule has 1 atom stereocenters. The maximum atomic E-state index is 12.9. The summed E-state index contributed by atoms with van der Waals surface area (Å²) < 4.78 is 18.4. The number of nitrogens with one attached hydrogen (secondary N) is 1. The molecule has 6 nitrogen and oxygen atoms in total. The van der Waals surface area contributed by atoms with Gasteiger partial charge in [-0.1, -0.05) is 0 Å². The molecule has 2 aromatic rings. The molecule has 0 saturated heterocycles. The first-order valence-electron chi connectivity index (χ1n) is 7.72. The van der Waals surface area contributed by atoms with Crippen molar-refractivity contribution in [2.75, 3.05) is 0 Å². The van der Waals surface area contributed by atoms with Gasteiger partial charge in [0.1, 0.15) is 28.1 Å². The zero-order valence-corrected chi connectivity index (χ0v) is 14.7.